The molecule has 3 heterocycles. The number of aryl methyl sites for hydroxylation is 1. The highest BCUT2D eigenvalue weighted by Crippen LogP contribution is 2.34. The van der Waals surface area contributed by atoms with Crippen molar-refractivity contribution in [2.45, 2.75) is 32.1 Å². The van der Waals surface area contributed by atoms with Crippen molar-refractivity contribution in [2.75, 3.05) is 24.5 Å². The maximum Gasteiger partial charge on any atom is 0.417 e. The maximum atomic E-state index is 12.8. The number of nitrogens with one attached hydrogen (secondary N) is 2. The van der Waals surface area contributed by atoms with E-state index in [9.17, 15) is 13.2 Å². The van der Waals surface area contributed by atoms with Gasteiger partial charge in [-0.2, -0.15) is 18.3 Å². The summed E-state index contributed by atoms with van der Waals surface area (Å²) in [6, 6.07) is 2.90. The van der Waals surface area contributed by atoms with Crippen LogP contribution in [0.15, 0.2) is 29.5 Å². The Morgan fingerprint density at radius 3 is 2.83 bits per heavy atom. The van der Waals surface area contributed by atoms with Gasteiger partial charge in [-0.3, -0.25) is 4.68 Å². The standard InChI is InChI=1S/C18H23ClF3N7/c1-3-23-17(25-10-14-4-6-26-28(14)2)27-13-5-7-29(11-13)16-15(19)8-12(9-24-16)18(20,21)22/h4,6,8-9,13H,3,5,7,10-11H2,1-2H3,(H2,23,25,27). The highest BCUT2D eigenvalue weighted by Gasteiger charge is 2.33. The van der Waals surface area contributed by atoms with E-state index in [0.717, 1.165) is 24.4 Å². The normalized spacial score (nSPS) is 17.7. The second-order valence-electron chi connectivity index (χ2n) is 6.74. The third-order valence-electron chi connectivity index (χ3n) is 4.64. The van der Waals surface area contributed by atoms with Gasteiger partial charge >= 0.3 is 6.18 Å². The van der Waals surface area contributed by atoms with E-state index in [1.807, 2.05) is 24.9 Å². The fourth-order valence-corrected chi connectivity index (χ4v) is 3.40. The predicted octanol–water partition coefficient (Wildman–Crippen LogP) is 2.82. The van der Waals surface area contributed by atoms with Gasteiger partial charge in [-0.05, 0) is 25.5 Å². The molecule has 158 valence electrons. The van der Waals surface area contributed by atoms with E-state index in [1.54, 1.807) is 10.9 Å². The molecule has 0 saturated carbocycles. The van der Waals surface area contributed by atoms with E-state index in [0.29, 0.717) is 38.0 Å². The number of alkyl halides is 3. The molecule has 0 amide bonds. The third kappa shape index (κ3) is 5.31. The van der Waals surface area contributed by atoms with Crippen LogP contribution >= 0.6 is 11.6 Å². The van der Waals surface area contributed by atoms with Crippen LogP contribution in [0.4, 0.5) is 19.0 Å². The summed E-state index contributed by atoms with van der Waals surface area (Å²) in [5.74, 6) is 1.04. The van der Waals surface area contributed by atoms with Gasteiger partial charge in [-0.25, -0.2) is 9.98 Å². The molecule has 0 radical (unpaired) electrons. The van der Waals surface area contributed by atoms with Crippen LogP contribution in [0, 0.1) is 0 Å². The molecule has 0 spiro atoms. The minimum atomic E-state index is -4.46. The van der Waals surface area contributed by atoms with Crippen LogP contribution in [0.1, 0.15) is 24.6 Å². The Morgan fingerprint density at radius 2 is 2.21 bits per heavy atom. The summed E-state index contributed by atoms with van der Waals surface area (Å²) in [4.78, 5) is 10.4. The molecular weight excluding hydrogens is 407 g/mol. The maximum absolute atomic E-state index is 12.8. The minimum Gasteiger partial charge on any atom is -0.357 e. The summed E-state index contributed by atoms with van der Waals surface area (Å²) in [6.07, 6.45) is -1.13. The average molecular weight is 430 g/mol. The molecule has 1 aliphatic rings. The number of nitrogens with zero attached hydrogens (tertiary/aromatic N) is 5. The lowest BCUT2D eigenvalue weighted by atomic mass is 10.2. The van der Waals surface area contributed by atoms with Gasteiger partial charge in [0.25, 0.3) is 0 Å². The number of guanidine groups is 1. The summed E-state index contributed by atoms with van der Waals surface area (Å²) in [6.45, 7) is 4.37. The summed E-state index contributed by atoms with van der Waals surface area (Å²) in [5.41, 5.74) is 0.132. The number of hydrogen-bond acceptors (Lipinski definition) is 4. The lowest BCUT2D eigenvalue weighted by molar-refractivity contribution is -0.137. The third-order valence-corrected chi connectivity index (χ3v) is 4.92. The molecular formula is C18H23ClF3N7. The summed E-state index contributed by atoms with van der Waals surface area (Å²) in [5, 5.41) is 10.7. The van der Waals surface area contributed by atoms with Crippen molar-refractivity contribution in [1.82, 2.24) is 25.4 Å². The zero-order valence-electron chi connectivity index (χ0n) is 16.2. The zero-order valence-corrected chi connectivity index (χ0v) is 16.9. The second kappa shape index (κ2) is 8.89. The van der Waals surface area contributed by atoms with Crippen LogP contribution < -0.4 is 15.5 Å². The molecule has 0 aromatic carbocycles. The smallest absolute Gasteiger partial charge is 0.357 e. The predicted molar refractivity (Wildman–Crippen MR) is 106 cm³/mol. The molecule has 1 unspecified atom stereocenters. The van der Waals surface area contributed by atoms with Crippen LogP contribution in [-0.4, -0.2) is 46.4 Å². The Balaban J connectivity index is 1.64. The fourth-order valence-electron chi connectivity index (χ4n) is 3.12. The molecule has 3 rings (SSSR count). The van der Waals surface area contributed by atoms with Crippen LogP contribution in [0.3, 0.4) is 0 Å². The Kier molecular flexibility index (Phi) is 6.51. The second-order valence-corrected chi connectivity index (χ2v) is 7.15. The van der Waals surface area contributed by atoms with E-state index >= 15 is 0 Å². The summed E-state index contributed by atoms with van der Waals surface area (Å²) < 4.78 is 40.2. The van der Waals surface area contributed by atoms with Gasteiger partial charge in [0, 0.05) is 45.1 Å². The Morgan fingerprint density at radius 1 is 1.41 bits per heavy atom. The van der Waals surface area contributed by atoms with Crippen molar-refractivity contribution < 1.29 is 13.2 Å². The van der Waals surface area contributed by atoms with Gasteiger partial charge in [0.05, 0.1) is 22.8 Å². The minimum absolute atomic E-state index is 0.00254. The molecule has 7 nitrogen and oxygen atoms in total. The molecule has 2 N–H and O–H groups in total. The largest absolute Gasteiger partial charge is 0.417 e. The molecule has 2 aromatic heterocycles. The highest BCUT2D eigenvalue weighted by atomic mass is 35.5. The van der Waals surface area contributed by atoms with Crippen LogP contribution in [0.5, 0.6) is 0 Å². The van der Waals surface area contributed by atoms with Crippen molar-refractivity contribution in [3.63, 3.8) is 0 Å². The van der Waals surface area contributed by atoms with Crippen molar-refractivity contribution in [2.24, 2.45) is 12.0 Å². The Labute approximate surface area is 172 Å². The molecule has 2 aromatic rings. The Hall–Kier alpha value is -2.49. The lowest BCUT2D eigenvalue weighted by Gasteiger charge is -2.21. The molecule has 11 heteroatoms. The van der Waals surface area contributed by atoms with Crippen molar-refractivity contribution in [1.29, 1.82) is 0 Å². The first-order valence-corrected chi connectivity index (χ1v) is 9.65. The zero-order chi connectivity index (χ0) is 21.0. The summed E-state index contributed by atoms with van der Waals surface area (Å²) in [7, 11) is 1.86. The highest BCUT2D eigenvalue weighted by molar-refractivity contribution is 6.33. The number of halogens is 4. The van der Waals surface area contributed by atoms with Crippen molar-refractivity contribution in [3.05, 3.63) is 40.8 Å². The number of hydrogen-bond donors (Lipinski definition) is 2. The van der Waals surface area contributed by atoms with E-state index in [2.05, 4.69) is 25.7 Å². The van der Waals surface area contributed by atoms with Gasteiger partial charge in [-0.1, -0.05) is 11.6 Å². The van der Waals surface area contributed by atoms with Gasteiger partial charge < -0.3 is 15.5 Å². The van der Waals surface area contributed by atoms with Crippen molar-refractivity contribution in [3.8, 4) is 0 Å². The number of aliphatic imine (C=N–C) groups is 1. The molecule has 0 bridgehead atoms. The van der Waals surface area contributed by atoms with E-state index in [4.69, 9.17) is 11.6 Å². The quantitative estimate of drug-likeness (QED) is 0.565. The van der Waals surface area contributed by atoms with E-state index in [-0.39, 0.29) is 11.1 Å². The van der Waals surface area contributed by atoms with Crippen LogP contribution in [0.2, 0.25) is 5.02 Å². The molecule has 1 aliphatic heterocycles. The van der Waals surface area contributed by atoms with Crippen LogP contribution in [-0.2, 0) is 19.8 Å². The molecule has 1 fully saturated rings. The topological polar surface area (TPSA) is 70.4 Å². The van der Waals surface area contributed by atoms with E-state index in [1.165, 1.54) is 0 Å². The van der Waals surface area contributed by atoms with Gasteiger partial charge in [0.15, 0.2) is 5.96 Å². The van der Waals surface area contributed by atoms with Crippen molar-refractivity contribution >= 4 is 23.4 Å². The lowest BCUT2D eigenvalue weighted by Crippen LogP contribution is -2.44. The summed E-state index contributed by atoms with van der Waals surface area (Å²) >= 11 is 6.07. The van der Waals surface area contributed by atoms with Crippen LogP contribution in [0.25, 0.3) is 0 Å². The first-order chi connectivity index (χ1) is 13.8. The average Bonchev–Trinajstić information content (AvgIpc) is 3.28. The molecule has 1 saturated heterocycles. The number of aromatic nitrogens is 3. The van der Waals surface area contributed by atoms with E-state index < -0.39 is 11.7 Å². The SMILES string of the molecule is CCNC(=NCc1ccnn1C)NC1CCN(c2ncc(C(F)(F)F)cc2Cl)C1. The number of anilines is 1. The number of pyridine rings is 1. The van der Waals surface area contributed by atoms with Gasteiger partial charge in [-0.15, -0.1) is 0 Å². The van der Waals surface area contributed by atoms with Gasteiger partial charge in [0.2, 0.25) is 0 Å². The van der Waals surface area contributed by atoms with Gasteiger partial charge in [0.1, 0.15) is 5.82 Å². The molecule has 29 heavy (non-hydrogen) atoms. The first-order valence-electron chi connectivity index (χ1n) is 9.27. The first kappa shape index (κ1) is 21.2. The monoisotopic (exact) mass is 429 g/mol. The number of rotatable bonds is 5. The molecule has 0 aliphatic carbocycles. The Bertz CT molecular complexity index is 865. The fraction of sp³-hybridized carbons (Fsp3) is 0.500. The molecule has 1 atom stereocenters.